The monoisotopic (exact) mass is 163 g/mol. The van der Waals surface area contributed by atoms with Crippen LogP contribution in [-0.4, -0.2) is 28.3 Å². The average Bonchev–Trinajstić information content (AvgIpc) is 2.34. The van der Waals surface area contributed by atoms with Gasteiger partial charge in [0.15, 0.2) is 0 Å². The van der Waals surface area contributed by atoms with E-state index in [1.165, 1.54) is 0 Å². The van der Waals surface area contributed by atoms with Gasteiger partial charge in [0.2, 0.25) is 0 Å². The molecule has 0 spiro atoms. The SMILES string of the molecule is OCCSC1CC=NS1. The van der Waals surface area contributed by atoms with Gasteiger partial charge in [0.25, 0.3) is 0 Å². The molecule has 0 saturated carbocycles. The lowest BCUT2D eigenvalue weighted by molar-refractivity contribution is 0.322. The minimum atomic E-state index is 0.279. The van der Waals surface area contributed by atoms with Crippen molar-refractivity contribution in [1.29, 1.82) is 0 Å². The molecule has 1 atom stereocenters. The van der Waals surface area contributed by atoms with Crippen LogP contribution in [0.25, 0.3) is 0 Å². The van der Waals surface area contributed by atoms with Crippen molar-refractivity contribution >= 4 is 29.9 Å². The van der Waals surface area contributed by atoms with Crippen LogP contribution in [0.2, 0.25) is 0 Å². The summed E-state index contributed by atoms with van der Waals surface area (Å²) in [6.07, 6.45) is 2.98. The van der Waals surface area contributed by atoms with E-state index < -0.39 is 0 Å². The van der Waals surface area contributed by atoms with Crippen molar-refractivity contribution in [2.24, 2.45) is 4.40 Å². The van der Waals surface area contributed by atoms with E-state index in [0.717, 1.165) is 12.2 Å². The van der Waals surface area contributed by atoms with Crippen molar-refractivity contribution in [3.8, 4) is 0 Å². The molecule has 0 aliphatic carbocycles. The fourth-order valence-electron chi connectivity index (χ4n) is 0.566. The largest absolute Gasteiger partial charge is 0.396 e. The predicted molar refractivity (Wildman–Crippen MR) is 44.0 cm³/mol. The highest BCUT2D eigenvalue weighted by atomic mass is 32.2. The molecule has 0 saturated heterocycles. The van der Waals surface area contributed by atoms with Gasteiger partial charge in [0, 0.05) is 18.4 Å². The molecule has 0 fully saturated rings. The van der Waals surface area contributed by atoms with E-state index >= 15 is 0 Å². The van der Waals surface area contributed by atoms with Crippen LogP contribution >= 0.6 is 23.7 Å². The van der Waals surface area contributed by atoms with Gasteiger partial charge in [0.1, 0.15) is 0 Å². The van der Waals surface area contributed by atoms with Gasteiger partial charge in [-0.25, -0.2) is 4.40 Å². The summed E-state index contributed by atoms with van der Waals surface area (Å²) in [5.41, 5.74) is 0. The molecule has 0 aromatic heterocycles. The molecule has 0 aromatic carbocycles. The molecule has 4 heteroatoms. The summed E-state index contributed by atoms with van der Waals surface area (Å²) < 4.78 is 4.57. The van der Waals surface area contributed by atoms with Crippen LogP contribution in [0, 0.1) is 0 Å². The highest BCUT2D eigenvalue weighted by molar-refractivity contribution is 8.16. The quantitative estimate of drug-likeness (QED) is 0.634. The lowest BCUT2D eigenvalue weighted by Crippen LogP contribution is -1.95. The number of nitrogens with zero attached hydrogens (tertiary/aromatic N) is 1. The normalized spacial score (nSPS) is 25.2. The van der Waals surface area contributed by atoms with Crippen molar-refractivity contribution in [3.63, 3.8) is 0 Å². The van der Waals surface area contributed by atoms with E-state index in [0.29, 0.717) is 4.58 Å². The summed E-state index contributed by atoms with van der Waals surface area (Å²) in [6.45, 7) is 0.279. The van der Waals surface area contributed by atoms with Crippen molar-refractivity contribution in [2.45, 2.75) is 11.0 Å². The highest BCUT2D eigenvalue weighted by Crippen LogP contribution is 2.30. The Bertz CT molecular complexity index is 99.1. The summed E-state index contributed by atoms with van der Waals surface area (Å²) in [5.74, 6) is 0.834. The number of rotatable bonds is 3. The molecular formula is C5H9NOS2. The molecule has 1 unspecified atom stereocenters. The topological polar surface area (TPSA) is 32.6 Å². The van der Waals surface area contributed by atoms with E-state index in [4.69, 9.17) is 5.11 Å². The van der Waals surface area contributed by atoms with Crippen molar-refractivity contribution in [2.75, 3.05) is 12.4 Å². The lowest BCUT2D eigenvalue weighted by Gasteiger charge is -2.02. The predicted octanol–water partition coefficient (Wildman–Crippen LogP) is 1.16. The standard InChI is InChI=1S/C5H9NOS2/c7-3-4-8-5-1-2-6-9-5/h2,5,7H,1,3-4H2. The van der Waals surface area contributed by atoms with Gasteiger partial charge < -0.3 is 5.11 Å². The van der Waals surface area contributed by atoms with Crippen LogP contribution in [0.5, 0.6) is 0 Å². The second-order valence-corrected chi connectivity index (χ2v) is 4.25. The second-order valence-electron chi connectivity index (χ2n) is 1.65. The van der Waals surface area contributed by atoms with E-state index in [2.05, 4.69) is 4.40 Å². The fraction of sp³-hybridized carbons (Fsp3) is 0.800. The molecule has 1 aliphatic rings. The molecule has 52 valence electrons. The van der Waals surface area contributed by atoms with E-state index in [-0.39, 0.29) is 6.61 Å². The van der Waals surface area contributed by atoms with E-state index in [1.54, 1.807) is 23.7 Å². The maximum Gasteiger partial charge on any atom is 0.0771 e. The Morgan fingerprint density at radius 3 is 3.33 bits per heavy atom. The third-order valence-electron chi connectivity index (χ3n) is 0.946. The first-order chi connectivity index (χ1) is 4.43. The first-order valence-electron chi connectivity index (χ1n) is 2.83. The molecule has 0 bridgehead atoms. The zero-order valence-electron chi connectivity index (χ0n) is 4.99. The molecule has 0 radical (unpaired) electrons. The van der Waals surface area contributed by atoms with Crippen LogP contribution in [0.3, 0.4) is 0 Å². The van der Waals surface area contributed by atoms with Gasteiger partial charge in [-0.2, -0.15) is 0 Å². The summed E-state index contributed by atoms with van der Waals surface area (Å²) in [5, 5.41) is 8.46. The minimum Gasteiger partial charge on any atom is -0.396 e. The van der Waals surface area contributed by atoms with Gasteiger partial charge in [-0.3, -0.25) is 0 Å². The van der Waals surface area contributed by atoms with Gasteiger partial charge in [0.05, 0.1) is 11.2 Å². The third kappa shape index (κ3) is 2.60. The Morgan fingerprint density at radius 1 is 1.89 bits per heavy atom. The summed E-state index contributed by atoms with van der Waals surface area (Å²) in [4.78, 5) is 0. The first kappa shape index (κ1) is 7.44. The van der Waals surface area contributed by atoms with Gasteiger partial charge in [-0.1, -0.05) is 0 Å². The number of thioether (sulfide) groups is 1. The van der Waals surface area contributed by atoms with Crippen LogP contribution in [0.1, 0.15) is 6.42 Å². The van der Waals surface area contributed by atoms with Crippen LogP contribution in [0.4, 0.5) is 0 Å². The van der Waals surface area contributed by atoms with Crippen LogP contribution in [-0.2, 0) is 0 Å². The number of aliphatic hydroxyl groups excluding tert-OH is 1. The molecular weight excluding hydrogens is 154 g/mol. The Hall–Kier alpha value is 0.330. The molecule has 1 rings (SSSR count). The molecule has 2 nitrogen and oxygen atoms in total. The number of hydrogen-bond acceptors (Lipinski definition) is 4. The Labute approximate surface area is 63.3 Å². The molecule has 1 N–H and O–H groups in total. The molecule has 0 amide bonds. The van der Waals surface area contributed by atoms with Crippen molar-refractivity contribution in [1.82, 2.24) is 0 Å². The molecule has 9 heavy (non-hydrogen) atoms. The number of hydrogen-bond donors (Lipinski definition) is 1. The molecule has 1 heterocycles. The Morgan fingerprint density at radius 2 is 2.78 bits per heavy atom. The molecule has 1 aliphatic heterocycles. The summed E-state index contributed by atoms with van der Waals surface area (Å²) in [7, 11) is 0. The lowest BCUT2D eigenvalue weighted by atomic mass is 10.5. The average molecular weight is 163 g/mol. The minimum absolute atomic E-state index is 0.279. The smallest absolute Gasteiger partial charge is 0.0771 e. The maximum atomic E-state index is 8.46. The number of aliphatic hydroxyl groups is 1. The first-order valence-corrected chi connectivity index (χ1v) is 4.72. The van der Waals surface area contributed by atoms with Gasteiger partial charge in [-0.05, 0) is 11.9 Å². The van der Waals surface area contributed by atoms with Gasteiger partial charge >= 0.3 is 0 Å². The highest BCUT2D eigenvalue weighted by Gasteiger charge is 2.11. The zero-order chi connectivity index (χ0) is 6.53. The fourth-order valence-corrected chi connectivity index (χ4v) is 2.32. The van der Waals surface area contributed by atoms with Gasteiger partial charge in [-0.15, -0.1) is 11.8 Å². The third-order valence-corrected chi connectivity index (χ3v) is 3.29. The Balaban J connectivity index is 2.01. The van der Waals surface area contributed by atoms with E-state index in [9.17, 15) is 0 Å². The van der Waals surface area contributed by atoms with Crippen LogP contribution < -0.4 is 0 Å². The van der Waals surface area contributed by atoms with Crippen LogP contribution in [0.15, 0.2) is 4.40 Å². The van der Waals surface area contributed by atoms with E-state index in [1.807, 2.05) is 6.21 Å². The summed E-state index contributed by atoms with van der Waals surface area (Å²) >= 11 is 3.38. The maximum absolute atomic E-state index is 8.46. The second kappa shape index (κ2) is 4.19. The zero-order valence-corrected chi connectivity index (χ0v) is 6.62. The molecule has 0 aromatic rings. The van der Waals surface area contributed by atoms with Crippen molar-refractivity contribution in [3.05, 3.63) is 0 Å². The summed E-state index contributed by atoms with van der Waals surface area (Å²) in [6, 6.07) is 0. The van der Waals surface area contributed by atoms with Crippen molar-refractivity contribution < 1.29 is 5.11 Å². The Kier molecular flexibility index (Phi) is 3.47.